The second kappa shape index (κ2) is 5.19. The van der Waals surface area contributed by atoms with Gasteiger partial charge < -0.3 is 9.47 Å². The summed E-state index contributed by atoms with van der Waals surface area (Å²) in [5, 5.41) is 0. The number of rotatable bonds is 2. The molecule has 2 aromatic carbocycles. The summed E-state index contributed by atoms with van der Waals surface area (Å²) in [6.07, 6.45) is 2.14. The summed E-state index contributed by atoms with van der Waals surface area (Å²) < 4.78 is 12.4. The summed E-state index contributed by atoms with van der Waals surface area (Å²) >= 11 is 0. The Balaban J connectivity index is 1.28. The lowest BCUT2D eigenvalue weighted by Gasteiger charge is -2.15. The third kappa shape index (κ3) is 1.96. The predicted octanol–water partition coefficient (Wildman–Crippen LogP) is 3.81. The van der Waals surface area contributed by atoms with Gasteiger partial charge in [-0.1, -0.05) is 48.5 Å². The predicted molar refractivity (Wildman–Crippen MR) is 99.6 cm³/mol. The third-order valence-electron chi connectivity index (χ3n) is 6.11. The van der Waals surface area contributed by atoms with Gasteiger partial charge in [0.2, 0.25) is 0 Å². The first-order valence-electron chi connectivity index (χ1n) is 9.42. The molecule has 0 radical (unpaired) electrons. The van der Waals surface area contributed by atoms with Gasteiger partial charge in [-0.25, -0.2) is 9.98 Å². The Hall–Kier alpha value is -2.62. The van der Waals surface area contributed by atoms with Crippen LogP contribution in [-0.2, 0) is 22.3 Å². The quantitative estimate of drug-likeness (QED) is 0.831. The number of hydrogen-bond donors (Lipinski definition) is 0. The van der Waals surface area contributed by atoms with Crippen LogP contribution < -0.4 is 0 Å². The fourth-order valence-corrected chi connectivity index (χ4v) is 4.77. The van der Waals surface area contributed by atoms with E-state index in [1.54, 1.807) is 0 Å². The highest BCUT2D eigenvalue weighted by molar-refractivity contribution is 6.01. The molecule has 0 aromatic heterocycles. The molecule has 6 rings (SSSR count). The maximum Gasteiger partial charge on any atom is 0.196 e. The minimum atomic E-state index is -0.0227. The Morgan fingerprint density at radius 1 is 0.769 bits per heavy atom. The van der Waals surface area contributed by atoms with Crippen LogP contribution in [0.15, 0.2) is 58.5 Å². The number of nitrogens with zero attached hydrogens (tertiary/aromatic N) is 2. The van der Waals surface area contributed by atoms with Crippen LogP contribution in [0.2, 0.25) is 0 Å². The van der Waals surface area contributed by atoms with E-state index in [4.69, 9.17) is 19.5 Å². The molecule has 2 heterocycles. The molecule has 4 heteroatoms. The van der Waals surface area contributed by atoms with Crippen LogP contribution in [0.1, 0.15) is 41.3 Å². The van der Waals surface area contributed by atoms with E-state index in [1.165, 1.54) is 22.3 Å². The second-order valence-corrected chi connectivity index (χ2v) is 7.66. The average Bonchev–Trinajstić information content (AvgIpc) is 3.38. The van der Waals surface area contributed by atoms with Crippen molar-refractivity contribution >= 4 is 11.8 Å². The van der Waals surface area contributed by atoms with Crippen molar-refractivity contribution in [3.63, 3.8) is 0 Å². The minimum Gasteiger partial charge on any atom is -0.474 e. The van der Waals surface area contributed by atoms with Gasteiger partial charge in [0.15, 0.2) is 11.8 Å². The van der Waals surface area contributed by atoms with Crippen molar-refractivity contribution in [1.29, 1.82) is 0 Å². The monoisotopic (exact) mass is 344 g/mol. The highest BCUT2D eigenvalue weighted by Gasteiger charge is 2.45. The fraction of sp³-hybridized carbons (Fsp3) is 0.364. The smallest absolute Gasteiger partial charge is 0.196 e. The van der Waals surface area contributed by atoms with E-state index >= 15 is 0 Å². The van der Waals surface area contributed by atoms with Crippen molar-refractivity contribution in [3.05, 3.63) is 70.8 Å². The summed E-state index contributed by atoms with van der Waals surface area (Å²) in [5.41, 5.74) is 5.33. The molecular weight excluding hydrogens is 324 g/mol. The van der Waals surface area contributed by atoms with Crippen molar-refractivity contribution in [1.82, 2.24) is 0 Å². The van der Waals surface area contributed by atoms with Gasteiger partial charge in [0.25, 0.3) is 0 Å². The Labute approximate surface area is 152 Å². The van der Waals surface area contributed by atoms with Crippen LogP contribution in [0.4, 0.5) is 0 Å². The van der Waals surface area contributed by atoms with Crippen molar-refractivity contribution in [3.8, 4) is 0 Å². The fourth-order valence-electron chi connectivity index (χ4n) is 4.77. The molecule has 0 fully saturated rings. The summed E-state index contributed by atoms with van der Waals surface area (Å²) in [5.74, 6) is 1.54. The first-order chi connectivity index (χ1) is 12.8. The first kappa shape index (κ1) is 14.5. The molecule has 4 nitrogen and oxygen atoms in total. The van der Waals surface area contributed by atoms with Crippen molar-refractivity contribution in [2.24, 2.45) is 15.9 Å². The molecule has 2 aliphatic heterocycles. The number of ether oxygens (including phenoxy) is 2. The van der Waals surface area contributed by atoms with Crippen molar-refractivity contribution in [2.75, 3.05) is 0 Å². The van der Waals surface area contributed by atoms with E-state index in [0.717, 1.165) is 24.6 Å². The van der Waals surface area contributed by atoms with Crippen LogP contribution in [0.5, 0.6) is 0 Å². The Morgan fingerprint density at radius 2 is 1.23 bits per heavy atom. The average molecular weight is 344 g/mol. The molecule has 0 amide bonds. The number of hydrogen-bond acceptors (Lipinski definition) is 4. The molecule has 0 bridgehead atoms. The zero-order valence-corrected chi connectivity index (χ0v) is 14.6. The lowest BCUT2D eigenvalue weighted by Crippen LogP contribution is -2.26. The lowest BCUT2D eigenvalue weighted by atomic mass is 10.1. The van der Waals surface area contributed by atoms with Gasteiger partial charge >= 0.3 is 0 Å². The van der Waals surface area contributed by atoms with Crippen molar-refractivity contribution in [2.45, 2.75) is 44.1 Å². The van der Waals surface area contributed by atoms with E-state index in [9.17, 15) is 0 Å². The summed E-state index contributed by atoms with van der Waals surface area (Å²) in [7, 11) is 0. The van der Waals surface area contributed by atoms with Gasteiger partial charge in [0.05, 0.1) is 0 Å². The van der Waals surface area contributed by atoms with Gasteiger partial charge in [0, 0.05) is 12.8 Å². The zero-order valence-electron chi connectivity index (χ0n) is 14.6. The standard InChI is InChI=1S/C22H20N2O2/c1-12(21-23-19-15-8-4-2-6-13(15)10-17(19)25-21)22-24-20-16-9-5-3-7-14(16)11-18(20)26-22/h2-9,12,17-20H,10-11H2,1H3/t12?,17-,18?,19?,20?/m1/s1. The largest absolute Gasteiger partial charge is 0.474 e. The first-order valence-corrected chi connectivity index (χ1v) is 9.42. The van der Waals surface area contributed by atoms with Gasteiger partial charge in [0.1, 0.15) is 30.2 Å². The van der Waals surface area contributed by atoms with Gasteiger partial charge in [-0.3, -0.25) is 0 Å². The van der Waals surface area contributed by atoms with Gasteiger partial charge in [-0.2, -0.15) is 0 Å². The maximum absolute atomic E-state index is 6.22. The topological polar surface area (TPSA) is 43.2 Å². The molecular formula is C22H20N2O2. The maximum atomic E-state index is 6.22. The minimum absolute atomic E-state index is 0.0227. The summed E-state index contributed by atoms with van der Waals surface area (Å²) in [6.45, 7) is 2.09. The third-order valence-corrected chi connectivity index (χ3v) is 6.11. The van der Waals surface area contributed by atoms with Crippen LogP contribution in [-0.4, -0.2) is 24.0 Å². The molecule has 130 valence electrons. The Kier molecular flexibility index (Phi) is 2.90. The molecule has 2 aliphatic carbocycles. The molecule has 2 aromatic rings. The van der Waals surface area contributed by atoms with Crippen LogP contribution in [0.3, 0.4) is 0 Å². The molecule has 0 spiro atoms. The number of benzene rings is 2. The van der Waals surface area contributed by atoms with Crippen molar-refractivity contribution < 1.29 is 9.47 Å². The zero-order chi connectivity index (χ0) is 17.3. The molecule has 4 unspecified atom stereocenters. The highest BCUT2D eigenvalue weighted by atomic mass is 16.5. The number of fused-ring (bicyclic) bond motifs is 6. The van der Waals surface area contributed by atoms with Crippen LogP contribution >= 0.6 is 0 Å². The lowest BCUT2D eigenvalue weighted by molar-refractivity contribution is 0.184. The SMILES string of the molecule is CC(C1=NC2c3ccccc3CC2O1)C1=NC2c3ccccc3C[C@H]2O1. The molecule has 0 saturated heterocycles. The van der Waals surface area contributed by atoms with Crippen LogP contribution in [0, 0.1) is 5.92 Å². The van der Waals surface area contributed by atoms with Crippen LogP contribution in [0.25, 0.3) is 0 Å². The van der Waals surface area contributed by atoms with E-state index in [2.05, 4.69) is 55.5 Å². The van der Waals surface area contributed by atoms with E-state index in [1.807, 2.05) is 0 Å². The van der Waals surface area contributed by atoms with E-state index in [-0.39, 0.29) is 30.2 Å². The summed E-state index contributed by atoms with van der Waals surface area (Å²) in [6, 6.07) is 17.3. The number of aliphatic imine (C=N–C) groups is 2. The summed E-state index contributed by atoms with van der Waals surface area (Å²) in [4.78, 5) is 9.82. The normalized spacial score (nSPS) is 31.1. The van der Waals surface area contributed by atoms with Gasteiger partial charge in [-0.05, 0) is 29.2 Å². The molecule has 26 heavy (non-hydrogen) atoms. The highest BCUT2D eigenvalue weighted by Crippen LogP contribution is 2.43. The molecule has 0 N–H and O–H groups in total. The van der Waals surface area contributed by atoms with E-state index < -0.39 is 0 Å². The Morgan fingerprint density at radius 3 is 1.73 bits per heavy atom. The molecule has 0 saturated carbocycles. The Bertz CT molecular complexity index is 887. The van der Waals surface area contributed by atoms with E-state index in [0.29, 0.717) is 0 Å². The van der Waals surface area contributed by atoms with Gasteiger partial charge in [-0.15, -0.1) is 0 Å². The molecule has 4 aliphatic rings. The second-order valence-electron chi connectivity index (χ2n) is 7.66. The molecule has 5 atom stereocenters.